The van der Waals surface area contributed by atoms with E-state index < -0.39 is 10.8 Å². The molecular weight excluding hydrogens is 286 g/mol. The Morgan fingerprint density at radius 2 is 2.20 bits per heavy atom. The maximum Gasteiger partial charge on any atom is 0.282 e. The molecule has 20 heavy (non-hydrogen) atoms. The molecule has 0 aromatic heterocycles. The number of carbonyl (C=O) groups is 2. The van der Waals surface area contributed by atoms with Crippen LogP contribution >= 0.6 is 11.6 Å². The number of nitrogens with zero attached hydrogens (tertiary/aromatic N) is 2. The Morgan fingerprint density at radius 1 is 1.45 bits per heavy atom. The zero-order valence-corrected chi connectivity index (χ0v) is 11.2. The molecule has 1 aliphatic heterocycles. The largest absolute Gasteiger partial charge is 0.354 e. The fourth-order valence-corrected chi connectivity index (χ4v) is 2.16. The maximum atomic E-state index is 12.4. The van der Waals surface area contributed by atoms with Gasteiger partial charge in [0.25, 0.3) is 11.6 Å². The molecule has 0 aliphatic carbocycles. The van der Waals surface area contributed by atoms with E-state index in [1.807, 2.05) is 0 Å². The van der Waals surface area contributed by atoms with Crippen LogP contribution in [0, 0.1) is 10.1 Å². The van der Waals surface area contributed by atoms with Gasteiger partial charge in [0.1, 0.15) is 5.56 Å². The van der Waals surface area contributed by atoms with E-state index >= 15 is 0 Å². The molecule has 0 saturated carbocycles. The van der Waals surface area contributed by atoms with Gasteiger partial charge in [-0.3, -0.25) is 19.7 Å². The first-order chi connectivity index (χ1) is 9.49. The van der Waals surface area contributed by atoms with Crippen LogP contribution in [0.25, 0.3) is 0 Å². The molecule has 0 bridgehead atoms. The predicted octanol–water partition coefficient (Wildman–Crippen LogP) is 1.21. The van der Waals surface area contributed by atoms with Crippen molar-refractivity contribution in [3.8, 4) is 0 Å². The minimum absolute atomic E-state index is 0.0998. The van der Waals surface area contributed by atoms with Crippen LogP contribution in [0.3, 0.4) is 0 Å². The summed E-state index contributed by atoms with van der Waals surface area (Å²) in [7, 11) is 0. The van der Waals surface area contributed by atoms with Crippen LogP contribution in [-0.4, -0.2) is 41.3 Å². The molecular formula is C12H12ClN3O4. The van der Waals surface area contributed by atoms with Crippen molar-refractivity contribution in [2.24, 2.45) is 0 Å². The molecule has 1 aromatic carbocycles. The van der Waals surface area contributed by atoms with Gasteiger partial charge in [-0.15, -0.1) is 0 Å². The molecule has 0 radical (unpaired) electrons. The highest BCUT2D eigenvalue weighted by molar-refractivity contribution is 6.31. The summed E-state index contributed by atoms with van der Waals surface area (Å²) >= 11 is 5.79. The van der Waals surface area contributed by atoms with Gasteiger partial charge in [0.05, 0.1) is 11.5 Å². The molecule has 8 heteroatoms. The highest BCUT2D eigenvalue weighted by atomic mass is 35.5. The second-order valence-corrected chi connectivity index (χ2v) is 4.79. The molecule has 0 unspecified atom stereocenters. The fourth-order valence-electron chi connectivity index (χ4n) is 1.99. The van der Waals surface area contributed by atoms with Crippen molar-refractivity contribution in [1.29, 1.82) is 0 Å². The number of rotatable bonds is 2. The van der Waals surface area contributed by atoms with Crippen LogP contribution in [0.2, 0.25) is 5.02 Å². The summed E-state index contributed by atoms with van der Waals surface area (Å²) in [6.45, 7) is 0.740. The van der Waals surface area contributed by atoms with Gasteiger partial charge in [-0.2, -0.15) is 0 Å². The Kier molecular flexibility index (Phi) is 4.19. The van der Waals surface area contributed by atoms with Crippen molar-refractivity contribution in [3.63, 3.8) is 0 Å². The number of hydrogen-bond donors (Lipinski definition) is 1. The van der Waals surface area contributed by atoms with Crippen molar-refractivity contribution in [3.05, 3.63) is 38.9 Å². The van der Waals surface area contributed by atoms with E-state index in [0.29, 0.717) is 19.5 Å². The number of benzene rings is 1. The molecule has 1 fully saturated rings. The van der Waals surface area contributed by atoms with E-state index in [-0.39, 0.29) is 28.7 Å². The van der Waals surface area contributed by atoms with Crippen molar-refractivity contribution < 1.29 is 14.5 Å². The summed E-state index contributed by atoms with van der Waals surface area (Å²) in [5.74, 6) is -0.836. The lowest BCUT2D eigenvalue weighted by Crippen LogP contribution is -2.37. The van der Waals surface area contributed by atoms with Crippen LogP contribution in [0.5, 0.6) is 0 Å². The summed E-state index contributed by atoms with van der Waals surface area (Å²) in [4.78, 5) is 35.4. The monoisotopic (exact) mass is 297 g/mol. The molecule has 1 aromatic rings. The van der Waals surface area contributed by atoms with Crippen LogP contribution in [0.4, 0.5) is 5.69 Å². The van der Waals surface area contributed by atoms with Gasteiger partial charge >= 0.3 is 0 Å². The van der Waals surface area contributed by atoms with Crippen LogP contribution in [-0.2, 0) is 4.79 Å². The molecule has 2 amide bonds. The molecule has 0 spiro atoms. The lowest BCUT2D eigenvalue weighted by molar-refractivity contribution is -0.385. The number of amides is 2. The second kappa shape index (κ2) is 5.87. The van der Waals surface area contributed by atoms with Crippen molar-refractivity contribution in [2.45, 2.75) is 6.42 Å². The summed E-state index contributed by atoms with van der Waals surface area (Å²) in [6, 6.07) is 3.80. The molecule has 2 rings (SSSR count). The number of nitro benzene ring substituents is 1. The highest BCUT2D eigenvalue weighted by Crippen LogP contribution is 2.24. The third-order valence-electron chi connectivity index (χ3n) is 2.93. The minimum Gasteiger partial charge on any atom is -0.354 e. The molecule has 0 atom stereocenters. The van der Waals surface area contributed by atoms with Crippen molar-refractivity contribution in [1.82, 2.24) is 10.2 Å². The fraction of sp³-hybridized carbons (Fsp3) is 0.333. The minimum atomic E-state index is -0.637. The Balaban J connectivity index is 2.34. The normalized spacial score (nSPS) is 15.4. The van der Waals surface area contributed by atoms with E-state index in [1.165, 1.54) is 23.1 Å². The molecule has 7 nitrogen and oxygen atoms in total. The Bertz CT molecular complexity index is 576. The van der Waals surface area contributed by atoms with Gasteiger partial charge in [-0.1, -0.05) is 11.6 Å². The SMILES string of the molecule is O=C1CN(C(=O)c2cc(Cl)ccc2[N+](=O)[O-])CCCN1. The van der Waals surface area contributed by atoms with E-state index in [1.54, 1.807) is 0 Å². The van der Waals surface area contributed by atoms with Crippen molar-refractivity contribution >= 4 is 29.1 Å². The van der Waals surface area contributed by atoms with Gasteiger partial charge in [0.15, 0.2) is 0 Å². The summed E-state index contributed by atoms with van der Waals surface area (Å²) in [6.07, 6.45) is 0.603. The van der Waals surface area contributed by atoms with Gasteiger partial charge in [0.2, 0.25) is 5.91 Å². The Morgan fingerprint density at radius 3 is 2.90 bits per heavy atom. The zero-order chi connectivity index (χ0) is 14.7. The van der Waals surface area contributed by atoms with Crippen LogP contribution < -0.4 is 5.32 Å². The smallest absolute Gasteiger partial charge is 0.282 e. The lowest BCUT2D eigenvalue weighted by atomic mass is 10.1. The summed E-state index contributed by atoms with van der Waals surface area (Å²) < 4.78 is 0. The molecule has 1 saturated heterocycles. The van der Waals surface area contributed by atoms with Gasteiger partial charge in [-0.25, -0.2) is 0 Å². The standard InChI is InChI=1S/C12H12ClN3O4/c13-8-2-3-10(16(19)20)9(6-8)12(18)15-5-1-4-14-11(17)7-15/h2-3,6H,1,4-5,7H2,(H,14,17). The van der Waals surface area contributed by atoms with Gasteiger partial charge in [-0.05, 0) is 18.6 Å². The van der Waals surface area contributed by atoms with E-state index in [0.717, 1.165) is 0 Å². The average Bonchev–Trinajstić information content (AvgIpc) is 2.62. The first-order valence-corrected chi connectivity index (χ1v) is 6.37. The molecule has 1 heterocycles. The quantitative estimate of drug-likeness (QED) is 0.656. The first-order valence-electron chi connectivity index (χ1n) is 5.99. The Labute approximate surface area is 119 Å². The van der Waals surface area contributed by atoms with Crippen molar-refractivity contribution in [2.75, 3.05) is 19.6 Å². The number of hydrogen-bond acceptors (Lipinski definition) is 4. The third kappa shape index (κ3) is 3.05. The van der Waals surface area contributed by atoms with Gasteiger partial charge in [0, 0.05) is 24.2 Å². The van der Waals surface area contributed by atoms with E-state index in [2.05, 4.69) is 5.32 Å². The first kappa shape index (κ1) is 14.3. The molecule has 1 N–H and O–H groups in total. The topological polar surface area (TPSA) is 92.5 Å². The van der Waals surface area contributed by atoms with Crippen LogP contribution in [0.15, 0.2) is 18.2 Å². The zero-order valence-electron chi connectivity index (χ0n) is 10.5. The number of nitrogens with one attached hydrogen (secondary N) is 1. The summed E-state index contributed by atoms with van der Waals surface area (Å²) in [5.41, 5.74) is -0.416. The summed E-state index contributed by atoms with van der Waals surface area (Å²) in [5, 5.41) is 13.8. The van der Waals surface area contributed by atoms with E-state index in [4.69, 9.17) is 11.6 Å². The maximum absolute atomic E-state index is 12.4. The van der Waals surface area contributed by atoms with E-state index in [9.17, 15) is 19.7 Å². The predicted molar refractivity (Wildman–Crippen MR) is 71.6 cm³/mol. The highest BCUT2D eigenvalue weighted by Gasteiger charge is 2.27. The second-order valence-electron chi connectivity index (χ2n) is 4.35. The number of nitro groups is 1. The lowest BCUT2D eigenvalue weighted by Gasteiger charge is -2.18. The third-order valence-corrected chi connectivity index (χ3v) is 3.17. The molecule has 106 valence electrons. The van der Waals surface area contributed by atoms with Gasteiger partial charge < -0.3 is 10.2 Å². The van der Waals surface area contributed by atoms with Crippen LogP contribution in [0.1, 0.15) is 16.8 Å². The molecule has 1 aliphatic rings. The number of carbonyl (C=O) groups excluding carboxylic acids is 2. The average molecular weight is 298 g/mol. The Hall–Kier alpha value is -2.15. The number of halogens is 1.